The Balaban J connectivity index is 1.36. The van der Waals surface area contributed by atoms with Crippen molar-refractivity contribution in [3.63, 3.8) is 0 Å². The Hall–Kier alpha value is -4.68. The van der Waals surface area contributed by atoms with Gasteiger partial charge in [-0.15, -0.1) is 0 Å². The third-order valence-electron chi connectivity index (χ3n) is 11.8. The predicted octanol–water partition coefficient (Wildman–Crippen LogP) is 5.05. The van der Waals surface area contributed by atoms with Gasteiger partial charge in [-0.2, -0.15) is 13.2 Å². The summed E-state index contributed by atoms with van der Waals surface area (Å²) in [6.45, 7) is 6.11. The van der Waals surface area contributed by atoms with Crippen LogP contribution < -0.4 is 24.8 Å². The Labute approximate surface area is 333 Å². The molecule has 6 rings (SSSR count). The molecule has 0 bridgehead atoms. The maximum Gasteiger partial charge on any atom is 0.427 e. The summed E-state index contributed by atoms with van der Waals surface area (Å²) in [7, 11) is -2.69. The number of halogens is 4. The number of hydrogen-bond acceptors (Lipinski definition) is 10. The first-order chi connectivity index (χ1) is 27.0. The first-order valence-electron chi connectivity index (χ1n) is 19.2. The van der Waals surface area contributed by atoms with Crippen LogP contribution in [0.15, 0.2) is 36.5 Å². The summed E-state index contributed by atoms with van der Waals surface area (Å²) in [5.74, 6) is -4.27. The SMILES string of the molecule is COc1cnc(O[C@@H]2C[C@H]3C(=O)N[C@]4(C(=O)NS(=O)(=O)C5(C)CC5)C[C@H]4/C=C\CC[C@@H](C)C[C@@H](C)[C@H](NC(=O)OC(C)(C)C(F)(F)F)C(=O)N3C2)c2cc(F)ccc12. The van der Waals surface area contributed by atoms with Crippen LogP contribution in [0, 0.1) is 23.6 Å². The zero-order chi connectivity index (χ0) is 42.6. The minimum atomic E-state index is -4.94. The molecule has 58 heavy (non-hydrogen) atoms. The van der Waals surface area contributed by atoms with E-state index >= 15 is 0 Å². The van der Waals surface area contributed by atoms with E-state index in [0.29, 0.717) is 57.1 Å². The molecule has 14 nitrogen and oxygen atoms in total. The van der Waals surface area contributed by atoms with Gasteiger partial charge in [0.25, 0.3) is 5.91 Å². The van der Waals surface area contributed by atoms with Gasteiger partial charge in [0.05, 0.1) is 30.0 Å². The smallest absolute Gasteiger partial charge is 0.427 e. The van der Waals surface area contributed by atoms with E-state index in [0.717, 1.165) is 4.90 Å². The average molecular weight is 840 g/mol. The molecular formula is C39H49F4N5O9S. The number of benzene rings is 1. The van der Waals surface area contributed by atoms with Crippen LogP contribution in [-0.2, 0) is 29.1 Å². The third-order valence-corrected chi connectivity index (χ3v) is 14.0. The molecule has 318 valence electrons. The lowest BCUT2D eigenvalue weighted by Gasteiger charge is -2.34. The number of alkyl carbamates (subject to hydrolysis) is 1. The molecule has 2 aliphatic heterocycles. The van der Waals surface area contributed by atoms with Crippen LogP contribution in [-0.4, -0.2) is 96.0 Å². The van der Waals surface area contributed by atoms with Crippen molar-refractivity contribution in [3.8, 4) is 11.6 Å². The van der Waals surface area contributed by atoms with Crippen molar-refractivity contribution >= 4 is 44.6 Å². The van der Waals surface area contributed by atoms with Gasteiger partial charge >= 0.3 is 12.3 Å². The van der Waals surface area contributed by atoms with Crippen LogP contribution in [0.25, 0.3) is 10.8 Å². The molecule has 19 heteroatoms. The van der Waals surface area contributed by atoms with E-state index < -0.39 is 91.7 Å². The number of alkyl halides is 3. The standard InChI is InChI=1S/C39H49F4N5O9S/c1-21-9-7-8-10-23-18-38(23,34(51)47-58(53,54)37(5)13-14-37)46-31(49)28-17-25(56-32-27-16-24(40)11-12-26(27)29(55-6)19-44-32)20-48(28)33(50)30(22(2)15-21)45-35(52)57-36(3,4)39(41,42)43/h8,10-12,16,19,21-23,25,28,30H,7,9,13-15,17-18,20H2,1-6H3,(H,45,52)(H,46,49)(H,47,51)/b10-8-/t21-,22-,23-,25-,28+,30+,38-/m1/s1. The Morgan fingerprint density at radius 3 is 2.45 bits per heavy atom. The van der Waals surface area contributed by atoms with Gasteiger partial charge in [0.15, 0.2) is 0 Å². The van der Waals surface area contributed by atoms with Gasteiger partial charge in [-0.3, -0.25) is 19.1 Å². The monoisotopic (exact) mass is 839 g/mol. The first kappa shape index (κ1) is 42.9. The number of nitrogens with zero attached hydrogens (tertiary/aromatic N) is 2. The molecule has 7 atom stereocenters. The maximum absolute atomic E-state index is 14.7. The van der Waals surface area contributed by atoms with Crippen LogP contribution in [0.3, 0.4) is 0 Å². The van der Waals surface area contributed by atoms with Crippen molar-refractivity contribution < 1.29 is 59.4 Å². The quantitative estimate of drug-likeness (QED) is 0.240. The number of rotatable bonds is 8. The number of amides is 4. The summed E-state index contributed by atoms with van der Waals surface area (Å²) in [6.07, 6.45) is -0.474. The van der Waals surface area contributed by atoms with Crippen molar-refractivity contribution in [2.75, 3.05) is 13.7 Å². The number of sulfonamides is 1. The van der Waals surface area contributed by atoms with E-state index in [1.807, 2.05) is 13.0 Å². The van der Waals surface area contributed by atoms with Crippen molar-refractivity contribution in [2.24, 2.45) is 17.8 Å². The highest BCUT2D eigenvalue weighted by Crippen LogP contribution is 2.48. The van der Waals surface area contributed by atoms with Crippen LogP contribution in [0.1, 0.15) is 79.6 Å². The van der Waals surface area contributed by atoms with Gasteiger partial charge in [0, 0.05) is 17.7 Å². The minimum absolute atomic E-state index is 0.0484. The van der Waals surface area contributed by atoms with Gasteiger partial charge in [-0.05, 0) is 89.3 Å². The molecule has 4 amide bonds. The summed E-state index contributed by atoms with van der Waals surface area (Å²) < 4.78 is 99.5. The van der Waals surface area contributed by atoms with Gasteiger partial charge in [0.2, 0.25) is 33.3 Å². The zero-order valence-corrected chi connectivity index (χ0v) is 33.9. The van der Waals surface area contributed by atoms with Gasteiger partial charge < -0.3 is 29.7 Å². The number of carbonyl (C=O) groups is 4. The fourth-order valence-corrected chi connectivity index (χ4v) is 8.93. The molecule has 0 unspecified atom stereocenters. The summed E-state index contributed by atoms with van der Waals surface area (Å²) in [5.41, 5.74) is -4.60. The van der Waals surface area contributed by atoms with Crippen LogP contribution in [0.4, 0.5) is 22.4 Å². The van der Waals surface area contributed by atoms with Crippen LogP contribution >= 0.6 is 0 Å². The fourth-order valence-electron chi connectivity index (χ4n) is 7.62. The number of carbonyl (C=O) groups excluding carboxylic acids is 4. The molecule has 1 aromatic carbocycles. The highest BCUT2D eigenvalue weighted by atomic mass is 32.2. The number of aromatic nitrogens is 1. The highest BCUT2D eigenvalue weighted by molar-refractivity contribution is 7.91. The molecule has 3 N–H and O–H groups in total. The van der Waals surface area contributed by atoms with Crippen molar-refractivity contribution in [3.05, 3.63) is 42.4 Å². The molecule has 0 radical (unpaired) electrons. The largest absolute Gasteiger partial charge is 0.494 e. The number of fused-ring (bicyclic) bond motifs is 3. The average Bonchev–Trinajstić information content (AvgIpc) is 4.01. The predicted molar refractivity (Wildman–Crippen MR) is 201 cm³/mol. The fraction of sp³-hybridized carbons (Fsp3) is 0.615. The second-order valence-electron chi connectivity index (χ2n) is 16.8. The highest BCUT2D eigenvalue weighted by Gasteiger charge is 2.63. The van der Waals surface area contributed by atoms with E-state index in [1.54, 1.807) is 13.0 Å². The lowest BCUT2D eigenvalue weighted by atomic mass is 9.88. The van der Waals surface area contributed by atoms with Crippen molar-refractivity contribution in [1.29, 1.82) is 0 Å². The van der Waals surface area contributed by atoms with Crippen molar-refractivity contribution in [2.45, 2.75) is 120 Å². The third kappa shape index (κ3) is 8.54. The van der Waals surface area contributed by atoms with E-state index in [-0.39, 0.29) is 36.6 Å². The van der Waals surface area contributed by atoms with Crippen molar-refractivity contribution in [1.82, 2.24) is 25.2 Å². The summed E-state index contributed by atoms with van der Waals surface area (Å²) >= 11 is 0. The Bertz CT molecular complexity index is 2110. The van der Waals surface area contributed by atoms with Gasteiger partial charge in [-0.1, -0.05) is 26.0 Å². The maximum atomic E-state index is 14.7. The molecule has 2 aliphatic carbocycles. The summed E-state index contributed by atoms with van der Waals surface area (Å²) in [6, 6.07) is 0.997. The number of allylic oxidation sites excluding steroid dienone is 1. The molecule has 3 fully saturated rings. The molecule has 1 aromatic heterocycles. The molecule has 2 saturated carbocycles. The van der Waals surface area contributed by atoms with Gasteiger partial charge in [0.1, 0.15) is 35.3 Å². The van der Waals surface area contributed by atoms with E-state index in [4.69, 9.17) is 14.2 Å². The Kier molecular flexibility index (Phi) is 11.5. The number of pyridine rings is 1. The number of nitrogens with one attached hydrogen (secondary N) is 3. The normalized spacial score (nSPS) is 29.4. The second-order valence-corrected chi connectivity index (χ2v) is 19.0. The lowest BCUT2D eigenvalue weighted by molar-refractivity contribution is -0.244. The Morgan fingerprint density at radius 1 is 1.09 bits per heavy atom. The molecule has 4 aliphatic rings. The molecular weight excluding hydrogens is 791 g/mol. The topological polar surface area (TPSA) is 182 Å². The first-order valence-corrected chi connectivity index (χ1v) is 20.7. The lowest BCUT2D eigenvalue weighted by Crippen LogP contribution is -2.59. The molecule has 2 aromatic rings. The summed E-state index contributed by atoms with van der Waals surface area (Å²) in [5, 5.41) is 5.78. The Morgan fingerprint density at radius 2 is 1.79 bits per heavy atom. The number of ether oxygens (including phenoxy) is 3. The molecule has 3 heterocycles. The van der Waals surface area contributed by atoms with E-state index in [1.165, 1.54) is 38.4 Å². The minimum Gasteiger partial charge on any atom is -0.494 e. The molecule has 1 saturated heterocycles. The zero-order valence-electron chi connectivity index (χ0n) is 33.1. The van der Waals surface area contributed by atoms with Crippen LogP contribution in [0.2, 0.25) is 0 Å². The number of hydrogen-bond donors (Lipinski definition) is 3. The summed E-state index contributed by atoms with van der Waals surface area (Å²) in [4.78, 5) is 61.6. The second kappa shape index (κ2) is 15.5. The van der Waals surface area contributed by atoms with E-state index in [9.17, 15) is 45.2 Å². The van der Waals surface area contributed by atoms with Gasteiger partial charge in [-0.25, -0.2) is 22.6 Å². The molecule has 0 spiro atoms. The van der Waals surface area contributed by atoms with Crippen LogP contribution in [0.5, 0.6) is 11.6 Å². The van der Waals surface area contributed by atoms with E-state index in [2.05, 4.69) is 20.3 Å². The number of methoxy groups -OCH3 is 1.